The Morgan fingerprint density at radius 2 is 1.23 bits per heavy atom. The van der Waals surface area contributed by atoms with Gasteiger partial charge >= 0.3 is 0 Å². The number of aliphatic hydroxyl groups excluding tert-OH is 1. The van der Waals surface area contributed by atoms with Gasteiger partial charge in [0.2, 0.25) is 0 Å². The molecule has 0 bridgehead atoms. The molecule has 168 valence electrons. The number of benzene rings is 2. The summed E-state index contributed by atoms with van der Waals surface area (Å²) in [6.45, 7) is 6.73. The van der Waals surface area contributed by atoms with Crippen LogP contribution >= 0.6 is 0 Å². The Hall–Kier alpha value is -1.70. The first-order chi connectivity index (χ1) is 14.9. The fourth-order valence-corrected chi connectivity index (χ4v) is 3.09. The van der Waals surface area contributed by atoms with Crippen molar-refractivity contribution in [2.45, 2.75) is 26.2 Å². The minimum Gasteiger partial charge on any atom is -0.491 e. The normalized spacial score (nSPS) is 11.3. The quantitative estimate of drug-likeness (QED) is 0.372. The summed E-state index contributed by atoms with van der Waals surface area (Å²) < 4.78 is 27.4. The van der Waals surface area contributed by atoms with Gasteiger partial charge in [0.1, 0.15) is 12.4 Å². The number of aryl methyl sites for hydroxylation is 1. The number of hydrogen-bond donors (Lipinski definition) is 1. The van der Waals surface area contributed by atoms with Crippen molar-refractivity contribution in [1.82, 2.24) is 0 Å². The van der Waals surface area contributed by atoms with Crippen LogP contribution in [0.3, 0.4) is 0 Å². The summed E-state index contributed by atoms with van der Waals surface area (Å²) >= 11 is 0. The number of fused-ring (bicyclic) bond motifs is 1. The van der Waals surface area contributed by atoms with Crippen LogP contribution in [0.1, 0.15) is 25.3 Å². The summed E-state index contributed by atoms with van der Waals surface area (Å²) in [5.41, 5.74) is 1.38. The largest absolute Gasteiger partial charge is 0.491 e. The Bertz CT molecular complexity index is 690. The molecule has 6 nitrogen and oxygen atoms in total. The van der Waals surface area contributed by atoms with E-state index in [0.717, 1.165) is 17.6 Å². The Kier molecular flexibility index (Phi) is 13.1. The van der Waals surface area contributed by atoms with E-state index in [1.807, 2.05) is 6.07 Å². The lowest BCUT2D eigenvalue weighted by Crippen LogP contribution is -2.14. The molecule has 30 heavy (non-hydrogen) atoms. The van der Waals surface area contributed by atoms with Crippen LogP contribution in [0.25, 0.3) is 10.8 Å². The second kappa shape index (κ2) is 16.1. The maximum absolute atomic E-state index is 8.57. The third kappa shape index (κ3) is 9.41. The van der Waals surface area contributed by atoms with Gasteiger partial charge in [-0.2, -0.15) is 0 Å². The fourth-order valence-electron chi connectivity index (χ4n) is 3.09. The van der Waals surface area contributed by atoms with Gasteiger partial charge < -0.3 is 28.8 Å². The number of ether oxygens (including phenoxy) is 5. The van der Waals surface area contributed by atoms with E-state index in [4.69, 9.17) is 28.8 Å². The number of hydrogen-bond acceptors (Lipinski definition) is 6. The summed E-state index contributed by atoms with van der Waals surface area (Å²) in [5, 5.41) is 11.0. The van der Waals surface area contributed by atoms with Crippen molar-refractivity contribution in [1.29, 1.82) is 0 Å². The fraction of sp³-hybridized carbons (Fsp3) is 0.583. The van der Waals surface area contributed by atoms with Gasteiger partial charge in [-0.3, -0.25) is 0 Å². The van der Waals surface area contributed by atoms with E-state index >= 15 is 0 Å². The average Bonchev–Trinajstić information content (AvgIpc) is 2.78. The van der Waals surface area contributed by atoms with E-state index in [-0.39, 0.29) is 6.61 Å². The van der Waals surface area contributed by atoms with Crippen molar-refractivity contribution in [3.63, 3.8) is 0 Å². The second-order valence-electron chi connectivity index (χ2n) is 6.89. The van der Waals surface area contributed by atoms with Crippen molar-refractivity contribution >= 4 is 10.8 Å². The van der Waals surface area contributed by atoms with E-state index in [2.05, 4.69) is 37.3 Å². The Morgan fingerprint density at radius 3 is 1.87 bits per heavy atom. The molecule has 0 radical (unpaired) electrons. The SMILES string of the molecule is CCCCc1cccc2c(OCCOCCOCCOCCOCCO)cccc12. The van der Waals surface area contributed by atoms with Crippen molar-refractivity contribution < 1.29 is 28.8 Å². The highest BCUT2D eigenvalue weighted by atomic mass is 16.6. The zero-order valence-corrected chi connectivity index (χ0v) is 18.1. The molecule has 0 atom stereocenters. The van der Waals surface area contributed by atoms with Gasteiger partial charge in [-0.15, -0.1) is 0 Å². The second-order valence-corrected chi connectivity index (χ2v) is 6.89. The van der Waals surface area contributed by atoms with Crippen molar-refractivity contribution in [2.24, 2.45) is 0 Å². The lowest BCUT2D eigenvalue weighted by molar-refractivity contribution is -0.00775. The van der Waals surface area contributed by atoms with Gasteiger partial charge in [0.15, 0.2) is 0 Å². The molecule has 0 amide bonds. The topological polar surface area (TPSA) is 66.4 Å². The third-order valence-electron chi connectivity index (χ3n) is 4.61. The monoisotopic (exact) mass is 420 g/mol. The smallest absolute Gasteiger partial charge is 0.127 e. The van der Waals surface area contributed by atoms with Crippen LogP contribution in [-0.4, -0.2) is 71.2 Å². The Morgan fingerprint density at radius 1 is 0.667 bits per heavy atom. The first kappa shape index (κ1) is 24.6. The first-order valence-corrected chi connectivity index (χ1v) is 10.9. The van der Waals surface area contributed by atoms with Crippen molar-refractivity contribution in [2.75, 3.05) is 66.1 Å². The molecule has 0 aliphatic rings. The summed E-state index contributed by atoms with van der Waals surface area (Å²) in [5.74, 6) is 0.908. The molecule has 0 saturated heterocycles. The predicted molar refractivity (Wildman–Crippen MR) is 118 cm³/mol. The molecule has 0 aliphatic carbocycles. The maximum atomic E-state index is 8.57. The summed E-state index contributed by atoms with van der Waals surface area (Å²) in [7, 11) is 0. The van der Waals surface area contributed by atoms with Crippen LogP contribution in [0, 0.1) is 0 Å². The molecule has 6 heteroatoms. The summed E-state index contributed by atoms with van der Waals surface area (Å²) in [6, 6.07) is 12.7. The van der Waals surface area contributed by atoms with Crippen molar-refractivity contribution in [3.8, 4) is 5.75 Å². The van der Waals surface area contributed by atoms with E-state index in [1.54, 1.807) is 0 Å². The highest BCUT2D eigenvalue weighted by Gasteiger charge is 2.05. The number of rotatable bonds is 18. The van der Waals surface area contributed by atoms with Gasteiger partial charge in [0.25, 0.3) is 0 Å². The van der Waals surface area contributed by atoms with Crippen LogP contribution in [0.4, 0.5) is 0 Å². The number of aliphatic hydroxyl groups is 1. The average molecular weight is 421 g/mol. The van der Waals surface area contributed by atoms with Crippen LogP contribution < -0.4 is 4.74 Å². The summed E-state index contributed by atoms with van der Waals surface area (Å²) in [6.07, 6.45) is 3.50. The van der Waals surface area contributed by atoms with Crippen LogP contribution in [0.5, 0.6) is 5.75 Å². The Balaban J connectivity index is 1.55. The van der Waals surface area contributed by atoms with Crippen LogP contribution in [-0.2, 0) is 25.4 Å². The van der Waals surface area contributed by atoms with E-state index < -0.39 is 0 Å². The lowest BCUT2D eigenvalue weighted by Gasteiger charge is -2.12. The number of unbranched alkanes of at least 4 members (excludes halogenated alkanes) is 1. The van der Waals surface area contributed by atoms with E-state index in [1.165, 1.54) is 23.8 Å². The highest BCUT2D eigenvalue weighted by Crippen LogP contribution is 2.28. The molecule has 0 aliphatic heterocycles. The minimum atomic E-state index is 0.0378. The molecule has 0 saturated carbocycles. The molecule has 1 N–H and O–H groups in total. The predicted octanol–water partition coefficient (Wildman–Crippen LogP) is 3.62. The lowest BCUT2D eigenvalue weighted by atomic mass is 10.00. The van der Waals surface area contributed by atoms with Crippen LogP contribution in [0.15, 0.2) is 36.4 Å². The zero-order valence-electron chi connectivity index (χ0n) is 18.1. The molecule has 0 unspecified atom stereocenters. The van der Waals surface area contributed by atoms with E-state index in [9.17, 15) is 0 Å². The van der Waals surface area contributed by atoms with Gasteiger partial charge in [0, 0.05) is 5.39 Å². The molecule has 2 rings (SSSR count). The first-order valence-electron chi connectivity index (χ1n) is 10.9. The molecule has 0 aromatic heterocycles. The molecular formula is C24H36O6. The third-order valence-corrected chi connectivity index (χ3v) is 4.61. The van der Waals surface area contributed by atoms with Crippen molar-refractivity contribution in [3.05, 3.63) is 42.0 Å². The van der Waals surface area contributed by atoms with Gasteiger partial charge in [-0.25, -0.2) is 0 Å². The molecular weight excluding hydrogens is 384 g/mol. The van der Waals surface area contributed by atoms with E-state index in [0.29, 0.717) is 59.5 Å². The summed E-state index contributed by atoms with van der Waals surface area (Å²) in [4.78, 5) is 0. The molecule has 2 aromatic carbocycles. The maximum Gasteiger partial charge on any atom is 0.127 e. The van der Waals surface area contributed by atoms with Gasteiger partial charge in [0.05, 0.1) is 59.5 Å². The molecule has 0 spiro atoms. The molecule has 0 fully saturated rings. The standard InChI is InChI=1S/C24H36O6/c1-2-3-6-21-7-4-9-23-22(21)8-5-10-24(23)30-20-19-29-18-17-28-16-15-27-14-13-26-12-11-25/h4-5,7-10,25H,2-3,6,11-20H2,1H3. The minimum absolute atomic E-state index is 0.0378. The zero-order chi connectivity index (χ0) is 21.3. The van der Waals surface area contributed by atoms with Gasteiger partial charge in [-0.1, -0.05) is 43.7 Å². The van der Waals surface area contributed by atoms with Gasteiger partial charge in [-0.05, 0) is 29.9 Å². The van der Waals surface area contributed by atoms with Crippen LogP contribution in [0.2, 0.25) is 0 Å². The molecule has 0 heterocycles. The molecule has 2 aromatic rings. The highest BCUT2D eigenvalue weighted by molar-refractivity contribution is 5.90. The Labute approximate surface area is 180 Å².